The fourth-order valence-electron chi connectivity index (χ4n) is 1.54. The van der Waals surface area contributed by atoms with Crippen LogP contribution in [0.2, 0.25) is 0 Å². The van der Waals surface area contributed by atoms with Crippen molar-refractivity contribution in [2.45, 2.75) is 6.42 Å². The number of carbonyl (C=O) groups is 1. The molecule has 6 heteroatoms. The maximum atomic E-state index is 10.8. The Morgan fingerprint density at radius 2 is 2.28 bits per heavy atom. The number of nitrogens with one attached hydrogen (secondary N) is 1. The highest BCUT2D eigenvalue weighted by Gasteiger charge is 2.06. The van der Waals surface area contributed by atoms with Crippen LogP contribution in [0, 0.1) is 0 Å². The molecule has 94 valence electrons. The highest BCUT2D eigenvalue weighted by atomic mass is 32.1. The van der Waals surface area contributed by atoms with Gasteiger partial charge >= 0.3 is 6.09 Å². The fourth-order valence-corrected chi connectivity index (χ4v) is 2.51. The van der Waals surface area contributed by atoms with Gasteiger partial charge < -0.3 is 11.1 Å². The van der Waals surface area contributed by atoms with Crippen molar-refractivity contribution >= 4 is 33.4 Å². The van der Waals surface area contributed by atoms with E-state index in [2.05, 4.69) is 21.4 Å². The molecule has 0 aliphatic carbocycles. The second-order valence-corrected chi connectivity index (χ2v) is 4.56. The Labute approximate surface area is 108 Å². The van der Waals surface area contributed by atoms with Gasteiger partial charge in [-0.3, -0.25) is 4.84 Å². The summed E-state index contributed by atoms with van der Waals surface area (Å²) in [6.07, 6.45) is -0.172. The molecule has 3 N–H and O–H groups in total. The molecule has 1 aromatic heterocycles. The number of hydrogen-bond acceptors (Lipinski definition) is 4. The smallest absolute Gasteiger partial charge is 0.384 e. The first-order valence-corrected chi connectivity index (χ1v) is 6.25. The van der Waals surface area contributed by atoms with Gasteiger partial charge in [-0.1, -0.05) is 23.4 Å². The van der Waals surface area contributed by atoms with Crippen molar-refractivity contribution in [2.75, 3.05) is 7.05 Å². The molecular formula is C12H13N3O2S. The number of rotatable bonds is 3. The third-order valence-corrected chi connectivity index (χ3v) is 3.39. The number of amides is 1. The summed E-state index contributed by atoms with van der Waals surface area (Å²) in [4.78, 5) is 15.4. The van der Waals surface area contributed by atoms with Crippen LogP contribution >= 0.6 is 11.3 Å². The average molecular weight is 263 g/mol. The second-order valence-electron chi connectivity index (χ2n) is 3.65. The maximum Gasteiger partial charge on any atom is 0.433 e. The predicted molar refractivity (Wildman–Crippen MR) is 72.7 cm³/mol. The minimum absolute atomic E-state index is 0.266. The summed E-state index contributed by atoms with van der Waals surface area (Å²) in [5.41, 5.74) is 6.79. The van der Waals surface area contributed by atoms with Crippen molar-refractivity contribution in [3.05, 3.63) is 35.2 Å². The number of oxime groups is 1. The number of thiophene rings is 1. The van der Waals surface area contributed by atoms with Gasteiger partial charge in [0.1, 0.15) is 5.84 Å². The van der Waals surface area contributed by atoms with Crippen molar-refractivity contribution in [1.82, 2.24) is 5.32 Å². The van der Waals surface area contributed by atoms with E-state index in [1.807, 2.05) is 23.6 Å². The zero-order chi connectivity index (χ0) is 13.0. The number of benzene rings is 1. The van der Waals surface area contributed by atoms with Crippen LogP contribution in [-0.2, 0) is 11.3 Å². The number of hydrogen-bond donors (Lipinski definition) is 2. The van der Waals surface area contributed by atoms with Gasteiger partial charge in [-0.2, -0.15) is 0 Å². The lowest BCUT2D eigenvalue weighted by molar-refractivity contribution is 0.152. The molecule has 0 atom stereocenters. The molecule has 1 amide bonds. The molecule has 0 saturated carbocycles. The summed E-state index contributed by atoms with van der Waals surface area (Å²) < 4.78 is 1.20. The van der Waals surface area contributed by atoms with E-state index in [0.717, 1.165) is 10.9 Å². The topological polar surface area (TPSA) is 76.7 Å². The van der Waals surface area contributed by atoms with Crippen molar-refractivity contribution < 1.29 is 9.63 Å². The lowest BCUT2D eigenvalue weighted by Crippen LogP contribution is -2.21. The van der Waals surface area contributed by atoms with Crippen LogP contribution in [0.3, 0.4) is 0 Å². The third-order valence-electron chi connectivity index (χ3n) is 2.38. The lowest BCUT2D eigenvalue weighted by Gasteiger charge is -2.00. The van der Waals surface area contributed by atoms with Gasteiger partial charge in [0.2, 0.25) is 0 Å². The number of carbonyl (C=O) groups excluding carboxylic acids is 1. The van der Waals surface area contributed by atoms with Crippen LogP contribution in [0.25, 0.3) is 10.1 Å². The van der Waals surface area contributed by atoms with Gasteiger partial charge in [0.05, 0.1) is 0 Å². The fraction of sp³-hybridized carbons (Fsp3) is 0.167. The normalized spacial score (nSPS) is 11.5. The Balaban J connectivity index is 2.11. The molecule has 0 radical (unpaired) electrons. The molecule has 2 aromatic rings. The average Bonchev–Trinajstić information content (AvgIpc) is 2.79. The van der Waals surface area contributed by atoms with E-state index in [9.17, 15) is 4.79 Å². The Morgan fingerprint density at radius 1 is 1.50 bits per heavy atom. The van der Waals surface area contributed by atoms with Crippen LogP contribution in [0.5, 0.6) is 0 Å². The van der Waals surface area contributed by atoms with Crippen molar-refractivity contribution in [3.63, 3.8) is 0 Å². The molecule has 1 aromatic carbocycles. The summed E-state index contributed by atoms with van der Waals surface area (Å²) in [6, 6.07) is 8.06. The molecule has 0 spiro atoms. The molecule has 0 bridgehead atoms. The van der Waals surface area contributed by atoms with Gasteiger partial charge in [-0.05, 0) is 22.4 Å². The Morgan fingerprint density at radius 3 is 3.06 bits per heavy atom. The number of amidine groups is 1. The molecule has 2 rings (SSSR count). The summed E-state index contributed by atoms with van der Waals surface area (Å²) >= 11 is 1.65. The quantitative estimate of drug-likeness (QED) is 0.385. The van der Waals surface area contributed by atoms with Crippen molar-refractivity contribution in [3.8, 4) is 0 Å². The van der Waals surface area contributed by atoms with Crippen LogP contribution in [-0.4, -0.2) is 19.0 Å². The van der Waals surface area contributed by atoms with E-state index >= 15 is 0 Å². The van der Waals surface area contributed by atoms with Crippen molar-refractivity contribution in [1.29, 1.82) is 0 Å². The van der Waals surface area contributed by atoms with Gasteiger partial charge in [0.25, 0.3) is 0 Å². The highest BCUT2D eigenvalue weighted by Crippen LogP contribution is 2.25. The molecule has 0 saturated heterocycles. The number of nitrogens with two attached hydrogens (primary N) is 1. The monoisotopic (exact) mass is 263 g/mol. The summed E-state index contributed by atoms with van der Waals surface area (Å²) in [6.45, 7) is 0. The predicted octanol–water partition coefficient (Wildman–Crippen LogP) is 2.07. The zero-order valence-electron chi connectivity index (χ0n) is 9.84. The minimum atomic E-state index is -0.631. The van der Waals surface area contributed by atoms with Crippen molar-refractivity contribution in [2.24, 2.45) is 10.9 Å². The first-order valence-electron chi connectivity index (χ1n) is 5.37. The van der Waals surface area contributed by atoms with Crippen LogP contribution in [0.4, 0.5) is 4.79 Å². The molecule has 0 aliphatic heterocycles. The van der Waals surface area contributed by atoms with E-state index < -0.39 is 6.09 Å². The Kier molecular flexibility index (Phi) is 3.78. The summed E-state index contributed by atoms with van der Waals surface area (Å²) in [7, 11) is 1.46. The Bertz CT molecular complexity index is 592. The minimum Gasteiger partial charge on any atom is -0.384 e. The van der Waals surface area contributed by atoms with Gasteiger partial charge in [0, 0.05) is 18.2 Å². The highest BCUT2D eigenvalue weighted by molar-refractivity contribution is 7.17. The van der Waals surface area contributed by atoms with Gasteiger partial charge in [-0.25, -0.2) is 4.79 Å². The van der Waals surface area contributed by atoms with E-state index in [-0.39, 0.29) is 5.84 Å². The number of nitrogens with zero attached hydrogens (tertiary/aromatic N) is 1. The van der Waals surface area contributed by atoms with Crippen LogP contribution in [0.15, 0.2) is 34.8 Å². The molecule has 0 aliphatic rings. The largest absolute Gasteiger partial charge is 0.433 e. The van der Waals surface area contributed by atoms with Crippen LogP contribution in [0.1, 0.15) is 5.56 Å². The van der Waals surface area contributed by atoms with E-state index in [1.165, 1.54) is 11.7 Å². The molecule has 0 fully saturated rings. The lowest BCUT2D eigenvalue weighted by atomic mass is 10.1. The first-order chi connectivity index (χ1) is 8.70. The SMILES string of the molecule is CNC(=O)O/N=C(\N)Cc1csc2ccccc12. The summed E-state index contributed by atoms with van der Waals surface area (Å²) in [5.74, 6) is 0.266. The standard InChI is InChI=1S/C12H13N3O2S/c1-14-12(16)17-15-11(13)6-8-7-18-10-5-3-2-4-9(8)10/h2-5,7H,6H2,1H3,(H2,13,15)(H,14,16). The first kappa shape index (κ1) is 12.4. The second kappa shape index (κ2) is 5.50. The molecule has 5 nitrogen and oxygen atoms in total. The van der Waals surface area contributed by atoms with Gasteiger partial charge in [0.15, 0.2) is 0 Å². The molecule has 1 heterocycles. The molecule has 0 unspecified atom stereocenters. The maximum absolute atomic E-state index is 10.8. The van der Waals surface area contributed by atoms with E-state index in [0.29, 0.717) is 6.42 Å². The summed E-state index contributed by atoms with van der Waals surface area (Å²) in [5, 5.41) is 9.04. The third kappa shape index (κ3) is 2.78. The number of fused-ring (bicyclic) bond motifs is 1. The van der Waals surface area contributed by atoms with E-state index in [4.69, 9.17) is 5.73 Å². The van der Waals surface area contributed by atoms with Gasteiger partial charge in [-0.15, -0.1) is 11.3 Å². The van der Waals surface area contributed by atoms with E-state index in [1.54, 1.807) is 11.3 Å². The molecule has 18 heavy (non-hydrogen) atoms. The molecular weight excluding hydrogens is 250 g/mol. The Hall–Kier alpha value is -2.08. The van der Waals surface area contributed by atoms with Crippen LogP contribution < -0.4 is 11.1 Å². The zero-order valence-corrected chi connectivity index (χ0v) is 10.7.